The molecule has 2 amide bonds. The van der Waals surface area contributed by atoms with Crippen molar-refractivity contribution in [3.63, 3.8) is 0 Å². The third kappa shape index (κ3) is 6.49. The largest absolute Gasteiger partial charge is 0.503 e. The van der Waals surface area contributed by atoms with Gasteiger partial charge in [0.15, 0.2) is 17.2 Å². The summed E-state index contributed by atoms with van der Waals surface area (Å²) in [5, 5.41) is 15.8. The van der Waals surface area contributed by atoms with Crippen LogP contribution in [0.4, 0.5) is 8.78 Å². The molecule has 0 radical (unpaired) electrons. The molecule has 0 fully saturated rings. The number of aromatic nitrogens is 1. The minimum atomic E-state index is -0.970. The van der Waals surface area contributed by atoms with Crippen molar-refractivity contribution in [2.24, 2.45) is 5.92 Å². The summed E-state index contributed by atoms with van der Waals surface area (Å²) in [6.07, 6.45) is 1.89. The fraction of sp³-hybridized carbons (Fsp3) is 0.250. The summed E-state index contributed by atoms with van der Waals surface area (Å²) in [7, 11) is 1.35. The van der Waals surface area contributed by atoms with Gasteiger partial charge in [-0.05, 0) is 48.2 Å². The molecule has 9 heteroatoms. The molecule has 0 saturated carbocycles. The molecule has 0 aliphatic heterocycles. The molecule has 37 heavy (non-hydrogen) atoms. The third-order valence-corrected chi connectivity index (χ3v) is 6.06. The predicted octanol–water partition coefficient (Wildman–Crippen LogP) is 4.81. The Morgan fingerprint density at radius 2 is 1.54 bits per heavy atom. The Morgan fingerprint density at radius 3 is 2.03 bits per heavy atom. The van der Waals surface area contributed by atoms with E-state index in [4.69, 9.17) is 4.74 Å². The molecule has 0 saturated heterocycles. The molecule has 1 heterocycles. The molecule has 0 bridgehead atoms. The number of methoxy groups -OCH3 is 1. The average Bonchev–Trinajstić information content (AvgIpc) is 2.89. The van der Waals surface area contributed by atoms with Crippen molar-refractivity contribution in [1.82, 2.24) is 15.6 Å². The first-order valence-corrected chi connectivity index (χ1v) is 11.7. The van der Waals surface area contributed by atoms with Gasteiger partial charge >= 0.3 is 0 Å². The molecule has 7 nitrogen and oxygen atoms in total. The summed E-state index contributed by atoms with van der Waals surface area (Å²) in [5.41, 5.74) is 1.94. The molecule has 0 spiro atoms. The van der Waals surface area contributed by atoms with Crippen LogP contribution in [0.25, 0.3) is 5.57 Å². The van der Waals surface area contributed by atoms with Crippen molar-refractivity contribution in [3.05, 3.63) is 94.9 Å². The molecular weight excluding hydrogens is 480 g/mol. The Morgan fingerprint density at radius 1 is 1.00 bits per heavy atom. The van der Waals surface area contributed by atoms with Crippen LogP contribution < -0.4 is 15.4 Å². The van der Waals surface area contributed by atoms with E-state index in [1.54, 1.807) is 31.2 Å². The van der Waals surface area contributed by atoms with E-state index in [1.807, 2.05) is 13.8 Å². The van der Waals surface area contributed by atoms with E-state index in [0.717, 1.165) is 0 Å². The second-order valence-electron chi connectivity index (χ2n) is 8.55. The first kappa shape index (κ1) is 27.3. The highest BCUT2D eigenvalue weighted by Crippen LogP contribution is 2.29. The highest BCUT2D eigenvalue weighted by atomic mass is 19.1. The van der Waals surface area contributed by atoms with Gasteiger partial charge in [-0.1, -0.05) is 44.5 Å². The van der Waals surface area contributed by atoms with Gasteiger partial charge in [-0.15, -0.1) is 0 Å². The molecule has 3 aromatic rings. The Balaban J connectivity index is 1.95. The maximum Gasteiger partial charge on any atom is 0.274 e. The monoisotopic (exact) mass is 509 g/mol. The highest BCUT2D eigenvalue weighted by Gasteiger charge is 2.29. The van der Waals surface area contributed by atoms with E-state index in [9.17, 15) is 23.5 Å². The molecule has 2 atom stereocenters. The van der Waals surface area contributed by atoms with E-state index >= 15 is 0 Å². The van der Waals surface area contributed by atoms with Gasteiger partial charge in [0, 0.05) is 23.5 Å². The number of rotatable bonds is 9. The highest BCUT2D eigenvalue weighted by molar-refractivity contribution is 5.99. The van der Waals surface area contributed by atoms with Gasteiger partial charge < -0.3 is 20.5 Å². The number of nitrogens with one attached hydrogen (secondary N) is 2. The number of pyridine rings is 1. The Bertz CT molecular complexity index is 1240. The average molecular weight is 510 g/mol. The molecule has 194 valence electrons. The van der Waals surface area contributed by atoms with E-state index in [0.29, 0.717) is 28.8 Å². The van der Waals surface area contributed by atoms with E-state index in [2.05, 4.69) is 15.6 Å². The summed E-state index contributed by atoms with van der Waals surface area (Å²) in [5.74, 6) is -2.70. The van der Waals surface area contributed by atoms with Crippen LogP contribution in [0.1, 0.15) is 48.8 Å². The zero-order valence-electron chi connectivity index (χ0n) is 21.0. The number of benzene rings is 2. The van der Waals surface area contributed by atoms with Crippen LogP contribution in [0.2, 0.25) is 0 Å². The Hall–Kier alpha value is -4.27. The van der Waals surface area contributed by atoms with Crippen LogP contribution in [0.5, 0.6) is 11.5 Å². The summed E-state index contributed by atoms with van der Waals surface area (Å²) in [6, 6.07) is 11.9. The molecule has 0 aliphatic rings. The molecule has 3 rings (SSSR count). The maximum absolute atomic E-state index is 13.6. The van der Waals surface area contributed by atoms with Gasteiger partial charge in [-0.2, -0.15) is 0 Å². The van der Waals surface area contributed by atoms with Crippen molar-refractivity contribution >= 4 is 17.4 Å². The summed E-state index contributed by atoms with van der Waals surface area (Å²) in [4.78, 5) is 30.3. The van der Waals surface area contributed by atoms with Gasteiger partial charge in [0.05, 0.1) is 7.11 Å². The van der Waals surface area contributed by atoms with E-state index in [-0.39, 0.29) is 17.4 Å². The summed E-state index contributed by atoms with van der Waals surface area (Å²) < 4.78 is 32.2. The first-order valence-electron chi connectivity index (χ1n) is 11.7. The first-order chi connectivity index (χ1) is 17.7. The Labute approximate surface area is 214 Å². The minimum Gasteiger partial charge on any atom is -0.503 e. The number of carbonyl (C=O) groups excluding carboxylic acids is 2. The fourth-order valence-electron chi connectivity index (χ4n) is 3.84. The molecule has 3 N–H and O–H groups in total. The molecule has 0 aliphatic carbocycles. The lowest BCUT2D eigenvalue weighted by atomic mass is 9.95. The molecule has 1 aromatic heterocycles. The van der Waals surface area contributed by atoms with Crippen molar-refractivity contribution in [1.29, 1.82) is 0 Å². The Kier molecular flexibility index (Phi) is 8.95. The van der Waals surface area contributed by atoms with Gasteiger partial charge in [-0.3, -0.25) is 9.59 Å². The number of aromatic hydroxyl groups is 1. The summed E-state index contributed by atoms with van der Waals surface area (Å²) in [6.45, 7) is 5.36. The molecule has 2 aromatic carbocycles. The SMILES string of the molecule is CC[C@H](C)[C@H](NC(=O)c1nccc(OC)c1O)C(=O)NC(C)=C(c1ccc(F)cc1)c1ccc(F)cc1. The second-order valence-corrected chi connectivity index (χ2v) is 8.55. The lowest BCUT2D eigenvalue weighted by Crippen LogP contribution is -2.50. The number of hydrogen-bond acceptors (Lipinski definition) is 5. The number of carbonyl (C=O) groups is 2. The van der Waals surface area contributed by atoms with Crippen LogP contribution in [-0.2, 0) is 4.79 Å². The molecule has 0 unspecified atom stereocenters. The van der Waals surface area contributed by atoms with Crippen LogP contribution in [0.3, 0.4) is 0 Å². The van der Waals surface area contributed by atoms with Crippen molar-refractivity contribution < 1.29 is 28.2 Å². The number of allylic oxidation sites excluding steroid dienone is 1. The van der Waals surface area contributed by atoms with Gasteiger partial charge in [-0.25, -0.2) is 13.8 Å². The number of ether oxygens (including phenoxy) is 1. The topological polar surface area (TPSA) is 101 Å². The van der Waals surface area contributed by atoms with Gasteiger partial charge in [0.2, 0.25) is 5.91 Å². The second kappa shape index (κ2) is 12.1. The third-order valence-electron chi connectivity index (χ3n) is 6.06. The lowest BCUT2D eigenvalue weighted by molar-refractivity contribution is -0.123. The van der Waals surface area contributed by atoms with E-state index < -0.39 is 35.2 Å². The summed E-state index contributed by atoms with van der Waals surface area (Å²) >= 11 is 0. The normalized spacial score (nSPS) is 12.3. The standard InChI is InChI=1S/C28H29F2N3O4/c1-5-16(2)24(33-28(36)25-26(34)22(37-4)14-15-31-25)27(35)32-17(3)23(18-6-10-20(29)11-7-18)19-8-12-21(30)13-9-19/h6-16,24,34H,5H2,1-4H3,(H,32,35)(H,33,36)/t16-,24-/m0/s1. The quantitative estimate of drug-likeness (QED) is 0.384. The van der Waals surface area contributed by atoms with Gasteiger partial charge in [0.25, 0.3) is 5.91 Å². The van der Waals surface area contributed by atoms with Gasteiger partial charge in [0.1, 0.15) is 17.7 Å². The number of hydrogen-bond donors (Lipinski definition) is 3. The number of nitrogens with zero attached hydrogens (tertiary/aromatic N) is 1. The zero-order valence-corrected chi connectivity index (χ0v) is 21.0. The zero-order chi connectivity index (χ0) is 27.1. The van der Waals surface area contributed by atoms with Crippen molar-refractivity contribution in [3.8, 4) is 11.5 Å². The van der Waals surface area contributed by atoms with Crippen LogP contribution in [-0.4, -0.2) is 35.1 Å². The lowest BCUT2D eigenvalue weighted by Gasteiger charge is -2.24. The molecular formula is C28H29F2N3O4. The number of amides is 2. The smallest absolute Gasteiger partial charge is 0.274 e. The van der Waals surface area contributed by atoms with Crippen molar-refractivity contribution in [2.45, 2.75) is 33.2 Å². The van der Waals surface area contributed by atoms with Crippen LogP contribution in [0.15, 0.2) is 66.5 Å². The van der Waals surface area contributed by atoms with Crippen LogP contribution >= 0.6 is 0 Å². The number of halogens is 2. The van der Waals surface area contributed by atoms with Crippen molar-refractivity contribution in [2.75, 3.05) is 7.11 Å². The maximum atomic E-state index is 13.6. The fourth-order valence-corrected chi connectivity index (χ4v) is 3.84. The van der Waals surface area contributed by atoms with E-state index in [1.165, 1.54) is 43.6 Å². The van der Waals surface area contributed by atoms with Crippen LogP contribution in [0, 0.1) is 17.6 Å². The predicted molar refractivity (Wildman–Crippen MR) is 136 cm³/mol. The minimum absolute atomic E-state index is 0.0757.